The van der Waals surface area contributed by atoms with Gasteiger partial charge in [-0.05, 0) is 17.7 Å². The first-order valence-corrected chi connectivity index (χ1v) is 9.16. The number of aryl methyl sites for hydroxylation is 1. The summed E-state index contributed by atoms with van der Waals surface area (Å²) in [5.74, 6) is 2.17. The molecular formula is C21H22N4O3. The van der Waals surface area contributed by atoms with Crippen molar-refractivity contribution in [3.8, 4) is 11.5 Å². The summed E-state index contributed by atoms with van der Waals surface area (Å²) in [6, 6.07) is 16.6. The second kappa shape index (κ2) is 8.04. The van der Waals surface area contributed by atoms with Gasteiger partial charge in [0.15, 0.2) is 17.6 Å². The third-order valence-corrected chi connectivity index (χ3v) is 4.58. The number of nitrogens with one attached hydrogen (secondary N) is 2. The lowest BCUT2D eigenvalue weighted by atomic mass is 10.1. The fourth-order valence-corrected chi connectivity index (χ4v) is 3.15. The van der Waals surface area contributed by atoms with Gasteiger partial charge >= 0.3 is 6.03 Å². The molecule has 7 heteroatoms. The smallest absolute Gasteiger partial charge is 0.315 e. The molecule has 144 valence electrons. The van der Waals surface area contributed by atoms with Crippen LogP contribution in [0.2, 0.25) is 0 Å². The van der Waals surface area contributed by atoms with Gasteiger partial charge in [0.25, 0.3) is 0 Å². The Morgan fingerprint density at radius 2 is 1.93 bits per heavy atom. The average Bonchev–Trinajstić information content (AvgIpc) is 3.16. The number of hydrogen-bond acceptors (Lipinski definition) is 4. The van der Waals surface area contributed by atoms with Gasteiger partial charge in [0, 0.05) is 19.4 Å². The minimum Gasteiger partial charge on any atom is -0.486 e. The highest BCUT2D eigenvalue weighted by atomic mass is 16.6. The van der Waals surface area contributed by atoms with Crippen molar-refractivity contribution in [2.24, 2.45) is 7.05 Å². The van der Waals surface area contributed by atoms with Gasteiger partial charge in [-0.1, -0.05) is 42.5 Å². The molecule has 2 N–H and O–H groups in total. The summed E-state index contributed by atoms with van der Waals surface area (Å²) in [7, 11) is 1.91. The van der Waals surface area contributed by atoms with E-state index >= 15 is 0 Å². The first-order chi connectivity index (χ1) is 13.7. The highest BCUT2D eigenvalue weighted by Crippen LogP contribution is 2.30. The molecule has 3 aromatic rings. The second-order valence-corrected chi connectivity index (χ2v) is 6.59. The summed E-state index contributed by atoms with van der Waals surface area (Å²) >= 11 is 0. The van der Waals surface area contributed by atoms with Gasteiger partial charge in [-0.15, -0.1) is 0 Å². The zero-order chi connectivity index (χ0) is 19.3. The quantitative estimate of drug-likeness (QED) is 0.716. The molecule has 7 nitrogen and oxygen atoms in total. The molecule has 0 bridgehead atoms. The molecule has 2 heterocycles. The van der Waals surface area contributed by atoms with E-state index in [9.17, 15) is 4.79 Å². The van der Waals surface area contributed by atoms with E-state index in [-0.39, 0.29) is 18.2 Å². The van der Waals surface area contributed by atoms with Crippen LogP contribution in [0.4, 0.5) is 4.79 Å². The zero-order valence-corrected chi connectivity index (χ0v) is 15.5. The molecule has 0 spiro atoms. The molecule has 4 rings (SSSR count). The number of ether oxygens (including phenoxy) is 2. The van der Waals surface area contributed by atoms with E-state index in [0.29, 0.717) is 18.9 Å². The number of aromatic nitrogens is 2. The summed E-state index contributed by atoms with van der Waals surface area (Å²) in [5.41, 5.74) is 0.957. The number of rotatable bonds is 5. The van der Waals surface area contributed by atoms with Crippen LogP contribution >= 0.6 is 0 Å². The molecule has 2 aromatic carbocycles. The van der Waals surface area contributed by atoms with Crippen molar-refractivity contribution in [1.29, 1.82) is 0 Å². The SMILES string of the molecule is Cn1ccnc1[C@H](NC(=O)NC[C@@H]1COc2ccccc2O1)c1ccccc1. The number of para-hydroxylation sites is 2. The van der Waals surface area contributed by atoms with Crippen LogP contribution in [-0.2, 0) is 7.05 Å². The van der Waals surface area contributed by atoms with Crippen molar-refractivity contribution < 1.29 is 14.3 Å². The number of benzene rings is 2. The van der Waals surface area contributed by atoms with Crippen molar-refractivity contribution in [1.82, 2.24) is 20.2 Å². The predicted octanol–water partition coefficient (Wildman–Crippen LogP) is 2.65. The molecule has 0 fully saturated rings. The van der Waals surface area contributed by atoms with Crippen molar-refractivity contribution in [2.45, 2.75) is 12.1 Å². The Morgan fingerprint density at radius 1 is 1.18 bits per heavy atom. The van der Waals surface area contributed by atoms with E-state index in [4.69, 9.17) is 9.47 Å². The number of hydrogen-bond donors (Lipinski definition) is 2. The summed E-state index contributed by atoms with van der Waals surface area (Å²) in [6.45, 7) is 0.723. The average molecular weight is 378 g/mol. The fourth-order valence-electron chi connectivity index (χ4n) is 3.15. The maximum Gasteiger partial charge on any atom is 0.315 e. The van der Waals surface area contributed by atoms with Crippen LogP contribution in [0.25, 0.3) is 0 Å². The third-order valence-electron chi connectivity index (χ3n) is 4.58. The number of amides is 2. The Hall–Kier alpha value is -3.48. The first kappa shape index (κ1) is 17.9. The Morgan fingerprint density at radius 3 is 2.68 bits per heavy atom. The molecule has 2 amide bonds. The molecule has 0 saturated carbocycles. The maximum absolute atomic E-state index is 12.6. The minimum atomic E-state index is -0.356. The molecule has 28 heavy (non-hydrogen) atoms. The van der Waals surface area contributed by atoms with Crippen LogP contribution in [0.5, 0.6) is 11.5 Å². The topological polar surface area (TPSA) is 77.4 Å². The van der Waals surface area contributed by atoms with Gasteiger partial charge in [0.1, 0.15) is 18.5 Å². The summed E-state index contributed by atoms with van der Waals surface area (Å²) in [4.78, 5) is 17.0. The number of carbonyl (C=O) groups is 1. The fraction of sp³-hybridized carbons (Fsp3) is 0.238. The molecule has 1 aliphatic rings. The Balaban J connectivity index is 1.39. The van der Waals surface area contributed by atoms with Crippen LogP contribution in [0.15, 0.2) is 67.0 Å². The van der Waals surface area contributed by atoms with Crippen LogP contribution < -0.4 is 20.1 Å². The highest BCUT2D eigenvalue weighted by Gasteiger charge is 2.23. The van der Waals surface area contributed by atoms with Gasteiger partial charge in [0.2, 0.25) is 0 Å². The largest absolute Gasteiger partial charge is 0.486 e. The van der Waals surface area contributed by atoms with Gasteiger partial charge < -0.3 is 24.7 Å². The van der Waals surface area contributed by atoms with Crippen molar-refractivity contribution in [2.75, 3.05) is 13.2 Å². The number of carbonyl (C=O) groups excluding carboxylic acids is 1. The monoisotopic (exact) mass is 378 g/mol. The predicted molar refractivity (Wildman–Crippen MR) is 104 cm³/mol. The summed E-state index contributed by atoms with van der Waals surface area (Å²) in [5, 5.41) is 5.88. The van der Waals surface area contributed by atoms with Gasteiger partial charge in [-0.3, -0.25) is 0 Å². The van der Waals surface area contributed by atoms with E-state index < -0.39 is 0 Å². The molecule has 1 aromatic heterocycles. The van der Waals surface area contributed by atoms with Gasteiger partial charge in [-0.2, -0.15) is 0 Å². The number of nitrogens with zero attached hydrogens (tertiary/aromatic N) is 2. The second-order valence-electron chi connectivity index (χ2n) is 6.59. The Labute approximate surface area is 163 Å². The van der Waals surface area contributed by atoms with Crippen LogP contribution in [0.3, 0.4) is 0 Å². The molecule has 0 saturated heterocycles. The van der Waals surface area contributed by atoms with E-state index in [0.717, 1.165) is 17.1 Å². The lowest BCUT2D eigenvalue weighted by Gasteiger charge is -2.27. The van der Waals surface area contributed by atoms with E-state index in [2.05, 4.69) is 15.6 Å². The van der Waals surface area contributed by atoms with E-state index in [1.807, 2.05) is 72.4 Å². The lowest BCUT2D eigenvalue weighted by Crippen LogP contribution is -2.45. The summed E-state index contributed by atoms with van der Waals surface area (Å²) in [6.07, 6.45) is 3.33. The van der Waals surface area contributed by atoms with Gasteiger partial charge in [-0.25, -0.2) is 9.78 Å². The number of imidazole rings is 1. The van der Waals surface area contributed by atoms with Crippen LogP contribution in [-0.4, -0.2) is 34.8 Å². The molecule has 0 aliphatic carbocycles. The summed E-state index contributed by atoms with van der Waals surface area (Å²) < 4.78 is 13.5. The molecule has 1 aliphatic heterocycles. The third kappa shape index (κ3) is 3.93. The zero-order valence-electron chi connectivity index (χ0n) is 15.5. The number of urea groups is 1. The molecule has 0 radical (unpaired) electrons. The lowest BCUT2D eigenvalue weighted by molar-refractivity contribution is 0.0917. The first-order valence-electron chi connectivity index (χ1n) is 9.16. The van der Waals surface area contributed by atoms with Crippen molar-refractivity contribution >= 4 is 6.03 Å². The minimum absolute atomic E-state index is 0.246. The molecule has 2 atom stereocenters. The maximum atomic E-state index is 12.6. The van der Waals surface area contributed by atoms with E-state index in [1.54, 1.807) is 6.20 Å². The number of fused-ring (bicyclic) bond motifs is 1. The van der Waals surface area contributed by atoms with Crippen molar-refractivity contribution in [3.63, 3.8) is 0 Å². The molecule has 0 unspecified atom stereocenters. The standard InChI is InChI=1S/C21H22N4O3/c1-25-12-11-22-20(25)19(15-7-3-2-4-8-15)24-21(26)23-13-16-14-27-17-9-5-6-10-18(17)28-16/h2-12,16,19H,13-14H2,1H3,(H2,23,24,26)/t16-,19-/m1/s1. The van der Waals surface area contributed by atoms with E-state index in [1.165, 1.54) is 0 Å². The van der Waals surface area contributed by atoms with Gasteiger partial charge in [0.05, 0.1) is 6.54 Å². The van der Waals surface area contributed by atoms with Crippen molar-refractivity contribution in [3.05, 3.63) is 78.4 Å². The molecular weight excluding hydrogens is 356 g/mol. The van der Waals surface area contributed by atoms with Crippen LogP contribution in [0.1, 0.15) is 17.4 Å². The Kier molecular flexibility index (Phi) is 5.14. The normalized spacial score (nSPS) is 16.2. The highest BCUT2D eigenvalue weighted by molar-refractivity contribution is 5.74. The Bertz CT molecular complexity index is 942. The van der Waals surface area contributed by atoms with Crippen LogP contribution in [0, 0.1) is 0 Å².